The first-order valence-electron chi connectivity index (χ1n) is 16.1. The van der Waals surface area contributed by atoms with Crippen LogP contribution in [0.2, 0.25) is 0 Å². The maximum atomic E-state index is 13.9. The molecule has 2 unspecified atom stereocenters. The zero-order chi connectivity index (χ0) is 38.4. The van der Waals surface area contributed by atoms with Crippen LogP contribution in [0.3, 0.4) is 0 Å². The van der Waals surface area contributed by atoms with Crippen molar-refractivity contribution in [2.24, 2.45) is 5.92 Å². The van der Waals surface area contributed by atoms with Crippen LogP contribution in [0, 0.1) is 5.92 Å². The summed E-state index contributed by atoms with van der Waals surface area (Å²) in [7, 11) is -3.66. The molecule has 0 aliphatic carbocycles. The standard InChI is InChI=1S/C35H41N5O11S/c1-21(2)31(34(47)37-25(18-29(41)42)15-16-52(3,49)50)40-33(46)27(17-24-14-13-23-11-7-8-12-26(23)36-24)38-32(45)28(19-30(43)44)39-35(48)51-20-22-9-5-4-6-10-22/h4-16,21,25,27-28,31H,17-20H2,1-3H3,(H,37,47)(H,38,45)(H,39,48)(H,40,46)(H,41,42)(H,43,44)/b16-15+/t25?,27?,28-,31-/m0/s1. The van der Waals surface area contributed by atoms with Crippen LogP contribution in [0.25, 0.3) is 10.9 Å². The number of sulfone groups is 1. The Labute approximate surface area is 299 Å². The lowest BCUT2D eigenvalue weighted by molar-refractivity contribution is -0.140. The number of carbonyl (C=O) groups excluding carboxylic acids is 4. The summed E-state index contributed by atoms with van der Waals surface area (Å²) in [5, 5.41) is 30.0. The number of rotatable bonds is 18. The molecule has 0 saturated carbocycles. The predicted octanol–water partition coefficient (Wildman–Crippen LogP) is 1.69. The molecule has 52 heavy (non-hydrogen) atoms. The zero-order valence-corrected chi connectivity index (χ0v) is 29.5. The van der Waals surface area contributed by atoms with Gasteiger partial charge in [0.2, 0.25) is 17.7 Å². The lowest BCUT2D eigenvalue weighted by Crippen LogP contribution is -2.59. The van der Waals surface area contributed by atoms with Gasteiger partial charge in [0.15, 0.2) is 9.84 Å². The maximum Gasteiger partial charge on any atom is 0.408 e. The number of carboxylic acids is 2. The minimum atomic E-state index is -3.66. The molecule has 2 aromatic carbocycles. The molecule has 0 aliphatic heterocycles. The number of para-hydroxylation sites is 1. The van der Waals surface area contributed by atoms with Crippen LogP contribution in [-0.2, 0) is 51.6 Å². The van der Waals surface area contributed by atoms with Gasteiger partial charge in [0, 0.05) is 29.2 Å². The van der Waals surface area contributed by atoms with Crippen molar-refractivity contribution in [2.75, 3.05) is 6.26 Å². The number of nitrogens with one attached hydrogen (secondary N) is 4. The Hall–Kier alpha value is -5.84. The number of benzene rings is 2. The Kier molecular flexibility index (Phi) is 14.8. The first-order valence-corrected chi connectivity index (χ1v) is 18.0. The largest absolute Gasteiger partial charge is 0.481 e. The third-order valence-corrected chi connectivity index (χ3v) is 8.08. The molecule has 3 aromatic rings. The van der Waals surface area contributed by atoms with Crippen molar-refractivity contribution in [1.29, 1.82) is 0 Å². The quantitative estimate of drug-likeness (QED) is 0.109. The smallest absolute Gasteiger partial charge is 0.408 e. The minimum absolute atomic E-state index is 0.164. The number of hydrogen-bond acceptors (Lipinski definition) is 10. The molecule has 0 saturated heterocycles. The van der Waals surface area contributed by atoms with Crippen molar-refractivity contribution in [3.05, 3.63) is 89.5 Å². The van der Waals surface area contributed by atoms with Gasteiger partial charge in [-0.2, -0.15) is 0 Å². The van der Waals surface area contributed by atoms with Crippen LogP contribution in [0.15, 0.2) is 78.2 Å². The summed E-state index contributed by atoms with van der Waals surface area (Å²) in [6.45, 7) is 3.02. The van der Waals surface area contributed by atoms with Crippen LogP contribution < -0.4 is 21.3 Å². The monoisotopic (exact) mass is 739 g/mol. The van der Waals surface area contributed by atoms with Gasteiger partial charge < -0.3 is 36.2 Å². The average molecular weight is 740 g/mol. The van der Waals surface area contributed by atoms with Crippen LogP contribution in [-0.4, -0.2) is 89.8 Å². The Morgan fingerprint density at radius 1 is 0.769 bits per heavy atom. The van der Waals surface area contributed by atoms with Crippen LogP contribution >= 0.6 is 0 Å². The van der Waals surface area contributed by atoms with E-state index >= 15 is 0 Å². The summed E-state index contributed by atoms with van der Waals surface area (Å²) in [6.07, 6.45) is -0.934. The number of fused-ring (bicyclic) bond motifs is 1. The van der Waals surface area contributed by atoms with E-state index in [4.69, 9.17) is 4.74 Å². The molecular formula is C35H41N5O11S. The highest BCUT2D eigenvalue weighted by Crippen LogP contribution is 2.14. The molecule has 4 amide bonds. The van der Waals surface area contributed by atoms with Gasteiger partial charge in [0.05, 0.1) is 24.4 Å². The van der Waals surface area contributed by atoms with Crippen LogP contribution in [0.4, 0.5) is 4.79 Å². The van der Waals surface area contributed by atoms with Gasteiger partial charge in [-0.05, 0) is 23.6 Å². The number of nitrogens with zero attached hydrogens (tertiary/aromatic N) is 1. The normalized spacial score (nSPS) is 13.8. The summed E-state index contributed by atoms with van der Waals surface area (Å²) in [4.78, 5) is 81.0. The summed E-state index contributed by atoms with van der Waals surface area (Å²) in [6, 6.07) is 13.4. The molecule has 6 N–H and O–H groups in total. The molecule has 16 nitrogen and oxygen atoms in total. The van der Waals surface area contributed by atoms with E-state index in [0.29, 0.717) is 16.8 Å². The Balaban J connectivity index is 1.87. The number of amides is 4. The molecular weight excluding hydrogens is 698 g/mol. The summed E-state index contributed by atoms with van der Waals surface area (Å²) in [5.41, 5.74) is 1.58. The van der Waals surface area contributed by atoms with Gasteiger partial charge in [-0.1, -0.05) is 74.5 Å². The molecule has 1 aromatic heterocycles. The van der Waals surface area contributed by atoms with Gasteiger partial charge in [-0.25, -0.2) is 13.2 Å². The highest BCUT2D eigenvalue weighted by Gasteiger charge is 2.33. The van der Waals surface area contributed by atoms with Gasteiger partial charge >= 0.3 is 18.0 Å². The molecule has 0 spiro atoms. The van der Waals surface area contributed by atoms with Crippen molar-refractivity contribution < 1.29 is 52.1 Å². The fraction of sp³-hybridized carbons (Fsp3) is 0.343. The Morgan fingerprint density at radius 3 is 2.04 bits per heavy atom. The molecule has 0 bridgehead atoms. The SMILES string of the molecule is CC(C)[C@H](NC(=O)C(Cc1ccc2ccccc2n1)NC(=O)[C@H](CC(=O)O)NC(=O)OCc1ccccc1)C(=O)NC(/C=C/S(C)(=O)=O)CC(=O)O. The van der Waals surface area contributed by atoms with Gasteiger partial charge in [0.25, 0.3) is 0 Å². The predicted molar refractivity (Wildman–Crippen MR) is 188 cm³/mol. The van der Waals surface area contributed by atoms with Crippen molar-refractivity contribution >= 4 is 56.5 Å². The second kappa shape index (κ2) is 19.0. The van der Waals surface area contributed by atoms with E-state index in [1.807, 2.05) is 12.1 Å². The highest BCUT2D eigenvalue weighted by atomic mass is 32.2. The number of aromatic nitrogens is 1. The number of alkyl carbamates (subject to hydrolysis) is 1. The lowest BCUT2D eigenvalue weighted by atomic mass is 10.0. The molecule has 4 atom stereocenters. The minimum Gasteiger partial charge on any atom is -0.481 e. The number of carboxylic acid groups (broad SMARTS) is 2. The number of carbonyl (C=O) groups is 6. The number of aliphatic carboxylic acids is 2. The van der Waals surface area contributed by atoms with E-state index in [2.05, 4.69) is 26.3 Å². The molecule has 3 rings (SSSR count). The Morgan fingerprint density at radius 2 is 1.40 bits per heavy atom. The topological polar surface area (TPSA) is 247 Å². The van der Waals surface area contributed by atoms with Gasteiger partial charge in [0.1, 0.15) is 24.7 Å². The van der Waals surface area contributed by atoms with Crippen LogP contribution in [0.1, 0.15) is 37.9 Å². The van der Waals surface area contributed by atoms with E-state index in [1.165, 1.54) is 0 Å². The zero-order valence-electron chi connectivity index (χ0n) is 28.6. The summed E-state index contributed by atoms with van der Waals surface area (Å²) < 4.78 is 28.4. The summed E-state index contributed by atoms with van der Waals surface area (Å²) in [5.74, 6) is -6.12. The molecule has 0 radical (unpaired) electrons. The number of ether oxygens (including phenoxy) is 1. The maximum absolute atomic E-state index is 13.9. The molecule has 0 aliphatic rings. The van der Waals surface area contributed by atoms with Crippen molar-refractivity contribution in [3.8, 4) is 0 Å². The molecule has 0 fully saturated rings. The van der Waals surface area contributed by atoms with Crippen molar-refractivity contribution in [3.63, 3.8) is 0 Å². The van der Waals surface area contributed by atoms with E-state index in [1.54, 1.807) is 68.4 Å². The van der Waals surface area contributed by atoms with Crippen molar-refractivity contribution in [1.82, 2.24) is 26.3 Å². The number of pyridine rings is 1. The Bertz CT molecular complexity index is 1900. The van der Waals surface area contributed by atoms with Crippen LogP contribution in [0.5, 0.6) is 0 Å². The van der Waals surface area contributed by atoms with E-state index in [0.717, 1.165) is 23.1 Å². The summed E-state index contributed by atoms with van der Waals surface area (Å²) >= 11 is 0. The fourth-order valence-corrected chi connectivity index (χ4v) is 5.33. The third kappa shape index (κ3) is 13.8. The second-order valence-electron chi connectivity index (χ2n) is 12.2. The first kappa shape index (κ1) is 40.6. The first-order chi connectivity index (χ1) is 24.5. The average Bonchev–Trinajstić information content (AvgIpc) is 3.07. The second-order valence-corrected chi connectivity index (χ2v) is 14.1. The van der Waals surface area contributed by atoms with Gasteiger partial charge in [-0.15, -0.1) is 0 Å². The number of hydrogen-bond donors (Lipinski definition) is 6. The van der Waals surface area contributed by atoms with E-state index in [9.17, 15) is 47.4 Å². The van der Waals surface area contributed by atoms with E-state index in [-0.39, 0.29) is 13.0 Å². The molecule has 278 valence electrons. The lowest BCUT2D eigenvalue weighted by Gasteiger charge is -2.27. The highest BCUT2D eigenvalue weighted by molar-refractivity contribution is 7.93. The third-order valence-electron chi connectivity index (χ3n) is 7.43. The van der Waals surface area contributed by atoms with E-state index < -0.39 is 88.5 Å². The van der Waals surface area contributed by atoms with Crippen molar-refractivity contribution in [2.45, 2.75) is 63.9 Å². The molecule has 17 heteroatoms. The molecule has 1 heterocycles. The fourth-order valence-electron chi connectivity index (χ4n) is 4.86. The van der Waals surface area contributed by atoms with Gasteiger partial charge in [-0.3, -0.25) is 29.0 Å².